The lowest BCUT2D eigenvalue weighted by atomic mass is 10.2. The number of ether oxygens (including phenoxy) is 2. The van der Waals surface area contributed by atoms with E-state index >= 15 is 0 Å². The van der Waals surface area contributed by atoms with Crippen molar-refractivity contribution >= 4 is 30.1 Å². The molecule has 4 nitrogen and oxygen atoms in total. The Kier molecular flexibility index (Phi) is 8.76. The smallest absolute Gasteiger partial charge is 0.255 e. The number of nitrogens with zero attached hydrogens (tertiary/aromatic N) is 1. The number of benzene rings is 1. The van der Waals surface area contributed by atoms with Crippen LogP contribution in [-0.2, 0) is 9.47 Å². The second-order valence-electron chi connectivity index (χ2n) is 4.35. The highest BCUT2D eigenvalue weighted by molar-refractivity contribution is 7.80. The van der Waals surface area contributed by atoms with Crippen LogP contribution in [0.5, 0.6) is 0 Å². The molecule has 0 fully saturated rings. The lowest BCUT2D eigenvalue weighted by molar-refractivity contribution is 0.0550. The van der Waals surface area contributed by atoms with Crippen molar-refractivity contribution in [3.63, 3.8) is 0 Å². The number of halogens is 1. The molecule has 0 radical (unpaired) electrons. The van der Waals surface area contributed by atoms with E-state index in [9.17, 15) is 4.79 Å². The van der Waals surface area contributed by atoms with Gasteiger partial charge in [-0.1, -0.05) is 11.6 Å². The van der Waals surface area contributed by atoms with Gasteiger partial charge in [0.15, 0.2) is 0 Å². The van der Waals surface area contributed by atoms with Crippen LogP contribution < -0.4 is 0 Å². The molecule has 0 aromatic heterocycles. The summed E-state index contributed by atoms with van der Waals surface area (Å²) < 4.78 is 10.7. The zero-order valence-electron chi connectivity index (χ0n) is 12.5. The number of amides is 1. The van der Waals surface area contributed by atoms with Crippen LogP contribution in [0.2, 0.25) is 5.02 Å². The van der Waals surface area contributed by atoms with E-state index in [1.807, 2.05) is 13.8 Å². The Bertz CT molecular complexity index is 447. The highest BCUT2D eigenvalue weighted by atomic mass is 35.5. The van der Waals surface area contributed by atoms with E-state index in [0.29, 0.717) is 55.0 Å². The predicted octanol–water partition coefficient (Wildman–Crippen LogP) is 3.14. The van der Waals surface area contributed by atoms with Gasteiger partial charge in [0.2, 0.25) is 0 Å². The first-order valence-corrected chi connectivity index (χ1v) is 7.85. The molecule has 0 aliphatic carbocycles. The molecule has 0 bridgehead atoms. The quantitative estimate of drug-likeness (QED) is 0.558. The Morgan fingerprint density at radius 2 is 1.76 bits per heavy atom. The highest BCUT2D eigenvalue weighted by Gasteiger charge is 2.18. The van der Waals surface area contributed by atoms with Crippen molar-refractivity contribution in [2.45, 2.75) is 18.7 Å². The monoisotopic (exact) mass is 331 g/mol. The molecule has 21 heavy (non-hydrogen) atoms. The zero-order valence-corrected chi connectivity index (χ0v) is 14.1. The summed E-state index contributed by atoms with van der Waals surface area (Å²) >= 11 is 10.4. The summed E-state index contributed by atoms with van der Waals surface area (Å²) in [5.74, 6) is -0.129. The summed E-state index contributed by atoms with van der Waals surface area (Å²) in [6.45, 7) is 7.10. The molecule has 1 aromatic rings. The van der Waals surface area contributed by atoms with E-state index in [-0.39, 0.29) is 5.91 Å². The first-order valence-electron chi connectivity index (χ1n) is 7.03. The largest absolute Gasteiger partial charge is 0.380 e. The van der Waals surface area contributed by atoms with Crippen LogP contribution in [0.25, 0.3) is 0 Å². The minimum Gasteiger partial charge on any atom is -0.380 e. The summed E-state index contributed by atoms with van der Waals surface area (Å²) in [5, 5.41) is 0.426. The van der Waals surface area contributed by atoms with E-state index in [2.05, 4.69) is 12.6 Å². The van der Waals surface area contributed by atoms with Gasteiger partial charge in [-0.3, -0.25) is 4.79 Å². The summed E-state index contributed by atoms with van der Waals surface area (Å²) in [6.07, 6.45) is 0. The Morgan fingerprint density at radius 3 is 2.29 bits per heavy atom. The molecule has 0 unspecified atom stereocenters. The second kappa shape index (κ2) is 10.1. The average molecular weight is 332 g/mol. The molecule has 1 aromatic carbocycles. The molecule has 1 amide bonds. The van der Waals surface area contributed by atoms with Crippen molar-refractivity contribution < 1.29 is 14.3 Å². The third-order valence-electron chi connectivity index (χ3n) is 2.89. The van der Waals surface area contributed by atoms with E-state index in [1.165, 1.54) is 0 Å². The molecule has 0 aliphatic heterocycles. The number of carbonyl (C=O) groups excluding carboxylic acids is 1. The fourth-order valence-corrected chi connectivity index (χ4v) is 2.20. The molecule has 0 aliphatic rings. The first-order chi connectivity index (χ1) is 10.1. The van der Waals surface area contributed by atoms with Gasteiger partial charge < -0.3 is 14.4 Å². The fourth-order valence-electron chi connectivity index (χ4n) is 1.80. The van der Waals surface area contributed by atoms with Gasteiger partial charge in [0.1, 0.15) is 0 Å². The SMILES string of the molecule is CCOCCN(CCOCC)C(=O)c1cc(S)ccc1Cl. The fraction of sp³-hybridized carbons (Fsp3) is 0.533. The van der Waals surface area contributed by atoms with Crippen molar-refractivity contribution in [3.8, 4) is 0 Å². The number of rotatable bonds is 9. The van der Waals surface area contributed by atoms with Crippen LogP contribution in [0.15, 0.2) is 23.1 Å². The van der Waals surface area contributed by atoms with Crippen LogP contribution in [0.3, 0.4) is 0 Å². The molecule has 0 spiro atoms. The van der Waals surface area contributed by atoms with Gasteiger partial charge in [-0.05, 0) is 32.0 Å². The zero-order chi connectivity index (χ0) is 15.7. The Hall–Kier alpha value is -0.750. The number of thiol groups is 1. The lowest BCUT2D eigenvalue weighted by Crippen LogP contribution is -2.37. The average Bonchev–Trinajstić information content (AvgIpc) is 2.48. The third kappa shape index (κ3) is 6.26. The van der Waals surface area contributed by atoms with E-state index < -0.39 is 0 Å². The highest BCUT2D eigenvalue weighted by Crippen LogP contribution is 2.21. The van der Waals surface area contributed by atoms with E-state index in [4.69, 9.17) is 21.1 Å². The Morgan fingerprint density at radius 1 is 1.19 bits per heavy atom. The Balaban J connectivity index is 2.79. The van der Waals surface area contributed by atoms with Gasteiger partial charge in [0, 0.05) is 31.2 Å². The van der Waals surface area contributed by atoms with E-state index in [0.717, 1.165) is 0 Å². The van der Waals surface area contributed by atoms with Crippen LogP contribution in [0, 0.1) is 0 Å². The standard InChI is InChI=1S/C15H22ClNO3S/c1-3-19-9-7-17(8-10-20-4-2)15(18)13-11-12(21)5-6-14(13)16/h5-6,11,21H,3-4,7-10H2,1-2H3. The molecule has 6 heteroatoms. The second-order valence-corrected chi connectivity index (χ2v) is 5.27. The third-order valence-corrected chi connectivity index (χ3v) is 3.49. The van der Waals surface area contributed by atoms with Gasteiger partial charge in [0.05, 0.1) is 23.8 Å². The summed E-state index contributed by atoms with van der Waals surface area (Å²) in [6, 6.07) is 5.12. The molecule has 0 N–H and O–H groups in total. The Labute approximate surface area is 136 Å². The minimum absolute atomic E-state index is 0.129. The number of hydrogen-bond donors (Lipinski definition) is 1. The van der Waals surface area contributed by atoms with Gasteiger partial charge in [-0.15, -0.1) is 12.6 Å². The van der Waals surface area contributed by atoms with Crippen LogP contribution in [0.4, 0.5) is 0 Å². The van der Waals surface area contributed by atoms with Crippen molar-refractivity contribution in [1.29, 1.82) is 0 Å². The topological polar surface area (TPSA) is 38.8 Å². The maximum absolute atomic E-state index is 12.6. The van der Waals surface area contributed by atoms with Crippen molar-refractivity contribution in [3.05, 3.63) is 28.8 Å². The molecule has 0 atom stereocenters. The van der Waals surface area contributed by atoms with Crippen LogP contribution in [0.1, 0.15) is 24.2 Å². The van der Waals surface area contributed by atoms with Crippen LogP contribution >= 0.6 is 24.2 Å². The van der Waals surface area contributed by atoms with Crippen LogP contribution in [-0.4, -0.2) is 50.3 Å². The van der Waals surface area contributed by atoms with Gasteiger partial charge in [-0.25, -0.2) is 0 Å². The van der Waals surface area contributed by atoms with Gasteiger partial charge in [0.25, 0.3) is 5.91 Å². The summed E-state index contributed by atoms with van der Waals surface area (Å²) in [4.78, 5) is 15.0. The molecule has 118 valence electrons. The molecule has 0 saturated heterocycles. The molecular formula is C15H22ClNO3S. The maximum Gasteiger partial charge on any atom is 0.255 e. The van der Waals surface area contributed by atoms with E-state index in [1.54, 1.807) is 23.1 Å². The first kappa shape index (κ1) is 18.3. The van der Waals surface area contributed by atoms with Crippen molar-refractivity contribution in [2.75, 3.05) is 39.5 Å². The molecule has 0 saturated carbocycles. The number of hydrogen-bond acceptors (Lipinski definition) is 4. The molecular weight excluding hydrogens is 310 g/mol. The molecule has 1 rings (SSSR count). The number of carbonyl (C=O) groups is 1. The normalized spacial score (nSPS) is 10.7. The van der Waals surface area contributed by atoms with Gasteiger partial charge in [-0.2, -0.15) is 0 Å². The van der Waals surface area contributed by atoms with Crippen molar-refractivity contribution in [1.82, 2.24) is 4.90 Å². The minimum atomic E-state index is -0.129. The summed E-state index contributed by atoms with van der Waals surface area (Å²) in [5.41, 5.74) is 0.456. The van der Waals surface area contributed by atoms with Crippen molar-refractivity contribution in [2.24, 2.45) is 0 Å². The predicted molar refractivity (Wildman–Crippen MR) is 87.6 cm³/mol. The summed E-state index contributed by atoms with van der Waals surface area (Å²) in [7, 11) is 0. The lowest BCUT2D eigenvalue weighted by Gasteiger charge is -2.23. The molecule has 0 heterocycles. The maximum atomic E-state index is 12.6. The van der Waals surface area contributed by atoms with Gasteiger partial charge >= 0.3 is 0 Å².